The van der Waals surface area contributed by atoms with Crippen molar-refractivity contribution >= 4 is 0 Å². The highest BCUT2D eigenvalue weighted by molar-refractivity contribution is 5.46. The summed E-state index contributed by atoms with van der Waals surface area (Å²) in [6.45, 7) is 1.30. The van der Waals surface area contributed by atoms with Gasteiger partial charge in [-0.2, -0.15) is 0 Å². The van der Waals surface area contributed by atoms with Gasteiger partial charge in [0.1, 0.15) is 5.82 Å². The Morgan fingerprint density at radius 1 is 0.900 bits per heavy atom. The Bertz CT molecular complexity index is 598. The number of halogens is 1. The molecule has 4 heteroatoms. The second-order valence-corrected chi connectivity index (χ2v) is 4.79. The fourth-order valence-corrected chi connectivity index (χ4v) is 2.24. The van der Waals surface area contributed by atoms with Crippen molar-refractivity contribution in [2.75, 3.05) is 13.2 Å². The molecule has 20 heavy (non-hydrogen) atoms. The van der Waals surface area contributed by atoms with E-state index in [0.717, 1.165) is 29.0 Å². The van der Waals surface area contributed by atoms with E-state index in [9.17, 15) is 4.39 Å². The molecular weight excluding hydrogens is 257 g/mol. The van der Waals surface area contributed by atoms with E-state index in [1.807, 2.05) is 18.2 Å². The standard InChI is InChI=1S/C16H16FNO2/c17-13-5-2-11(3-6-13)16(18)12-4-7-14-15(10-12)20-9-1-8-19-14/h2-7,10,16H,1,8-9,18H2. The van der Waals surface area contributed by atoms with E-state index in [1.165, 1.54) is 12.1 Å². The van der Waals surface area contributed by atoms with Crippen LogP contribution in [0.3, 0.4) is 0 Å². The van der Waals surface area contributed by atoms with Crippen LogP contribution in [0.1, 0.15) is 23.6 Å². The van der Waals surface area contributed by atoms with E-state index in [0.29, 0.717) is 13.2 Å². The number of hydrogen-bond donors (Lipinski definition) is 1. The van der Waals surface area contributed by atoms with Crippen molar-refractivity contribution < 1.29 is 13.9 Å². The molecule has 2 aromatic rings. The summed E-state index contributed by atoms with van der Waals surface area (Å²) >= 11 is 0. The zero-order chi connectivity index (χ0) is 13.9. The van der Waals surface area contributed by atoms with Crippen molar-refractivity contribution in [1.82, 2.24) is 0 Å². The molecule has 1 aliphatic heterocycles. The molecule has 0 spiro atoms. The van der Waals surface area contributed by atoms with Gasteiger partial charge in [0.2, 0.25) is 0 Å². The highest BCUT2D eigenvalue weighted by atomic mass is 19.1. The SMILES string of the molecule is NC(c1ccc(F)cc1)c1ccc2c(c1)OCCCO2. The summed E-state index contributed by atoms with van der Waals surface area (Å²) in [5.74, 6) is 1.20. The third kappa shape index (κ3) is 2.60. The summed E-state index contributed by atoms with van der Waals surface area (Å²) < 4.78 is 24.2. The van der Waals surface area contributed by atoms with Crippen molar-refractivity contribution in [3.63, 3.8) is 0 Å². The molecule has 1 atom stereocenters. The molecule has 0 aliphatic carbocycles. The van der Waals surface area contributed by atoms with Gasteiger partial charge in [0.05, 0.1) is 19.3 Å². The predicted molar refractivity (Wildman–Crippen MR) is 74.5 cm³/mol. The van der Waals surface area contributed by atoms with Crippen LogP contribution in [0.5, 0.6) is 11.5 Å². The zero-order valence-corrected chi connectivity index (χ0v) is 11.0. The van der Waals surface area contributed by atoms with Crippen LogP contribution in [0, 0.1) is 5.82 Å². The van der Waals surface area contributed by atoms with Crippen molar-refractivity contribution in [2.24, 2.45) is 5.73 Å². The predicted octanol–water partition coefficient (Wildman–Crippen LogP) is 3.04. The minimum Gasteiger partial charge on any atom is -0.490 e. The minimum absolute atomic E-state index is 0.264. The van der Waals surface area contributed by atoms with Crippen LogP contribution < -0.4 is 15.2 Å². The lowest BCUT2D eigenvalue weighted by Gasteiger charge is -2.15. The molecule has 2 N–H and O–H groups in total. The molecule has 0 bridgehead atoms. The molecule has 1 heterocycles. The van der Waals surface area contributed by atoms with Crippen molar-refractivity contribution in [1.29, 1.82) is 0 Å². The fourth-order valence-electron chi connectivity index (χ4n) is 2.24. The van der Waals surface area contributed by atoms with Gasteiger partial charge in [0.25, 0.3) is 0 Å². The molecule has 1 unspecified atom stereocenters. The first-order valence-corrected chi connectivity index (χ1v) is 6.64. The quantitative estimate of drug-likeness (QED) is 0.914. The Labute approximate surface area is 117 Å². The van der Waals surface area contributed by atoms with Gasteiger partial charge in [-0.1, -0.05) is 18.2 Å². The highest BCUT2D eigenvalue weighted by Gasteiger charge is 2.15. The summed E-state index contributed by atoms with van der Waals surface area (Å²) in [5.41, 5.74) is 8.00. The van der Waals surface area contributed by atoms with E-state index in [1.54, 1.807) is 12.1 Å². The van der Waals surface area contributed by atoms with Crippen LogP contribution in [0.2, 0.25) is 0 Å². The lowest BCUT2D eigenvalue weighted by atomic mass is 9.99. The van der Waals surface area contributed by atoms with Crippen LogP contribution in [-0.2, 0) is 0 Å². The van der Waals surface area contributed by atoms with E-state index >= 15 is 0 Å². The third-order valence-corrected chi connectivity index (χ3v) is 3.36. The number of ether oxygens (including phenoxy) is 2. The van der Waals surface area contributed by atoms with Crippen LogP contribution in [0.15, 0.2) is 42.5 Å². The number of nitrogens with two attached hydrogens (primary N) is 1. The summed E-state index contributed by atoms with van der Waals surface area (Å²) in [6, 6.07) is 11.6. The highest BCUT2D eigenvalue weighted by Crippen LogP contribution is 2.33. The van der Waals surface area contributed by atoms with E-state index in [2.05, 4.69) is 0 Å². The molecule has 0 saturated carbocycles. The van der Waals surface area contributed by atoms with Gasteiger partial charge in [-0.25, -0.2) is 4.39 Å². The van der Waals surface area contributed by atoms with Gasteiger partial charge >= 0.3 is 0 Å². The second kappa shape index (κ2) is 5.51. The molecule has 3 nitrogen and oxygen atoms in total. The molecule has 0 amide bonds. The Morgan fingerprint density at radius 3 is 2.30 bits per heavy atom. The Kier molecular flexibility index (Phi) is 3.56. The van der Waals surface area contributed by atoms with Crippen molar-refractivity contribution in [3.05, 3.63) is 59.4 Å². The largest absolute Gasteiger partial charge is 0.490 e. The zero-order valence-electron chi connectivity index (χ0n) is 11.0. The van der Waals surface area contributed by atoms with Crippen LogP contribution in [0.4, 0.5) is 4.39 Å². The molecule has 0 aromatic heterocycles. The molecular formula is C16H16FNO2. The molecule has 0 radical (unpaired) electrons. The average Bonchev–Trinajstić information content (AvgIpc) is 2.71. The van der Waals surface area contributed by atoms with Crippen LogP contribution in [0.25, 0.3) is 0 Å². The second-order valence-electron chi connectivity index (χ2n) is 4.79. The lowest BCUT2D eigenvalue weighted by molar-refractivity contribution is 0.297. The topological polar surface area (TPSA) is 44.5 Å². The molecule has 0 fully saturated rings. The van der Waals surface area contributed by atoms with E-state index < -0.39 is 0 Å². The smallest absolute Gasteiger partial charge is 0.161 e. The van der Waals surface area contributed by atoms with Gasteiger partial charge in [-0.3, -0.25) is 0 Å². The number of benzene rings is 2. The molecule has 1 aliphatic rings. The first-order chi connectivity index (χ1) is 9.74. The lowest BCUT2D eigenvalue weighted by Crippen LogP contribution is -2.12. The number of hydrogen-bond acceptors (Lipinski definition) is 3. The van der Waals surface area contributed by atoms with Crippen LogP contribution in [-0.4, -0.2) is 13.2 Å². The molecule has 2 aromatic carbocycles. The average molecular weight is 273 g/mol. The Morgan fingerprint density at radius 2 is 1.55 bits per heavy atom. The number of fused-ring (bicyclic) bond motifs is 1. The van der Waals surface area contributed by atoms with Gasteiger partial charge in [-0.15, -0.1) is 0 Å². The van der Waals surface area contributed by atoms with Gasteiger partial charge < -0.3 is 15.2 Å². The van der Waals surface area contributed by atoms with E-state index in [4.69, 9.17) is 15.2 Å². The fraction of sp³-hybridized carbons (Fsp3) is 0.250. The van der Waals surface area contributed by atoms with Gasteiger partial charge in [0, 0.05) is 6.42 Å². The van der Waals surface area contributed by atoms with Gasteiger partial charge in [-0.05, 0) is 35.4 Å². The Hall–Kier alpha value is -2.07. The van der Waals surface area contributed by atoms with Crippen molar-refractivity contribution in [2.45, 2.75) is 12.5 Å². The number of rotatable bonds is 2. The summed E-state index contributed by atoms with van der Waals surface area (Å²) in [5, 5.41) is 0. The summed E-state index contributed by atoms with van der Waals surface area (Å²) in [6.07, 6.45) is 0.869. The van der Waals surface area contributed by atoms with Crippen LogP contribution >= 0.6 is 0 Å². The first-order valence-electron chi connectivity index (χ1n) is 6.64. The maximum Gasteiger partial charge on any atom is 0.161 e. The maximum absolute atomic E-state index is 12.9. The maximum atomic E-state index is 12.9. The van der Waals surface area contributed by atoms with Gasteiger partial charge in [0.15, 0.2) is 11.5 Å². The van der Waals surface area contributed by atoms with E-state index in [-0.39, 0.29) is 11.9 Å². The molecule has 3 rings (SSSR count). The normalized spacial score (nSPS) is 15.5. The monoisotopic (exact) mass is 273 g/mol. The summed E-state index contributed by atoms with van der Waals surface area (Å²) in [7, 11) is 0. The first kappa shape index (κ1) is 12.9. The third-order valence-electron chi connectivity index (χ3n) is 3.36. The minimum atomic E-state index is -0.312. The molecule has 104 valence electrons. The summed E-state index contributed by atoms with van der Waals surface area (Å²) in [4.78, 5) is 0. The molecule has 0 saturated heterocycles. The Balaban J connectivity index is 1.90. The van der Waals surface area contributed by atoms with Crippen molar-refractivity contribution in [3.8, 4) is 11.5 Å².